The lowest BCUT2D eigenvalue weighted by Gasteiger charge is -2.26. The number of aliphatic imine (C=N–C) groups is 1. The Morgan fingerprint density at radius 3 is 2.86 bits per heavy atom. The third-order valence-electron chi connectivity index (χ3n) is 5.02. The number of fused-ring (bicyclic) bond motifs is 1. The molecule has 0 saturated carbocycles. The van der Waals surface area contributed by atoms with Crippen molar-refractivity contribution in [1.29, 1.82) is 0 Å². The number of amidine groups is 1. The number of nitrogens with two attached hydrogens (primary N) is 1. The minimum Gasteiger partial charge on any atom is -0.453 e. The Labute approximate surface area is 180 Å². The zero-order chi connectivity index (χ0) is 20.8. The van der Waals surface area contributed by atoms with Crippen molar-refractivity contribution in [3.63, 3.8) is 0 Å². The third-order valence-corrected chi connectivity index (χ3v) is 6.11. The SMILES string of the molecule is Cc1c(C(=O)Cc2ccc(F)c([C@]3(C)C=CSC(N)=N3)c2)oc2ccc(Br)cc12. The highest BCUT2D eigenvalue weighted by Crippen LogP contribution is 2.35. The lowest BCUT2D eigenvalue weighted by Crippen LogP contribution is -2.25. The number of carbonyl (C=O) groups is 1. The number of benzene rings is 2. The second-order valence-electron chi connectivity index (χ2n) is 7.13. The maximum Gasteiger partial charge on any atom is 0.202 e. The first-order chi connectivity index (χ1) is 13.8. The number of rotatable bonds is 4. The molecule has 3 aromatic rings. The van der Waals surface area contributed by atoms with E-state index in [4.69, 9.17) is 10.2 Å². The summed E-state index contributed by atoms with van der Waals surface area (Å²) in [6, 6.07) is 10.3. The first-order valence-electron chi connectivity index (χ1n) is 8.97. The lowest BCUT2D eigenvalue weighted by molar-refractivity contribution is 0.0967. The Morgan fingerprint density at radius 2 is 2.10 bits per heavy atom. The van der Waals surface area contributed by atoms with Crippen molar-refractivity contribution >= 4 is 49.6 Å². The third kappa shape index (κ3) is 3.76. The van der Waals surface area contributed by atoms with E-state index in [1.54, 1.807) is 30.5 Å². The first-order valence-corrected chi connectivity index (χ1v) is 10.6. The highest BCUT2D eigenvalue weighted by Gasteiger charge is 2.29. The van der Waals surface area contributed by atoms with Crippen LogP contribution in [0.3, 0.4) is 0 Å². The van der Waals surface area contributed by atoms with Crippen LogP contribution in [0.4, 0.5) is 4.39 Å². The summed E-state index contributed by atoms with van der Waals surface area (Å²) in [6.45, 7) is 3.66. The van der Waals surface area contributed by atoms with Gasteiger partial charge in [-0.25, -0.2) is 9.38 Å². The highest BCUT2D eigenvalue weighted by atomic mass is 79.9. The molecule has 0 bridgehead atoms. The minimum atomic E-state index is -0.903. The second kappa shape index (κ2) is 7.46. The van der Waals surface area contributed by atoms with Crippen molar-refractivity contribution < 1.29 is 13.6 Å². The van der Waals surface area contributed by atoms with Gasteiger partial charge in [-0.1, -0.05) is 33.8 Å². The molecule has 0 unspecified atom stereocenters. The molecule has 0 amide bonds. The Morgan fingerprint density at radius 1 is 1.31 bits per heavy atom. The fourth-order valence-electron chi connectivity index (χ4n) is 3.47. The van der Waals surface area contributed by atoms with Crippen LogP contribution in [0.5, 0.6) is 0 Å². The average Bonchev–Trinajstić information content (AvgIpc) is 2.99. The fraction of sp³-hybridized carbons (Fsp3) is 0.182. The van der Waals surface area contributed by atoms with Gasteiger partial charge in [-0.15, -0.1) is 0 Å². The van der Waals surface area contributed by atoms with E-state index < -0.39 is 5.54 Å². The molecule has 29 heavy (non-hydrogen) atoms. The zero-order valence-corrected chi connectivity index (χ0v) is 18.2. The lowest BCUT2D eigenvalue weighted by atomic mass is 9.90. The van der Waals surface area contributed by atoms with Crippen LogP contribution in [0.15, 0.2) is 61.8 Å². The molecule has 0 fully saturated rings. The number of Topliss-reactive ketones (excluding diaryl/α,β-unsaturated/α-hetero) is 1. The standard InChI is InChI=1S/C22H18BrFN2O2S/c1-12-15-11-14(23)4-6-19(15)28-20(12)18(27)10-13-3-5-17(24)16(9-13)22(2)7-8-29-21(25)26-22/h3-9,11H,10H2,1-2H3,(H2,25,26)/t22-/m0/s1. The molecule has 0 saturated heterocycles. The van der Waals surface area contributed by atoms with Crippen LogP contribution in [-0.4, -0.2) is 11.0 Å². The smallest absolute Gasteiger partial charge is 0.202 e. The number of nitrogens with zero attached hydrogens (tertiary/aromatic N) is 1. The molecule has 4 nitrogen and oxygen atoms in total. The summed E-state index contributed by atoms with van der Waals surface area (Å²) in [5.74, 6) is -0.219. The number of carbonyl (C=O) groups excluding carboxylic acids is 1. The van der Waals surface area contributed by atoms with Gasteiger partial charge in [0.25, 0.3) is 0 Å². The molecule has 0 radical (unpaired) electrons. The average molecular weight is 473 g/mol. The predicted octanol–water partition coefficient (Wildman–Crippen LogP) is 5.86. The van der Waals surface area contributed by atoms with Crippen molar-refractivity contribution in [1.82, 2.24) is 0 Å². The van der Waals surface area contributed by atoms with Crippen molar-refractivity contribution in [2.75, 3.05) is 0 Å². The second-order valence-corrected chi connectivity index (χ2v) is 8.97. The van der Waals surface area contributed by atoms with Gasteiger partial charge in [-0.05, 0) is 61.2 Å². The van der Waals surface area contributed by atoms with Crippen LogP contribution in [0.1, 0.15) is 34.2 Å². The summed E-state index contributed by atoms with van der Waals surface area (Å²) < 4.78 is 21.3. The Hall–Kier alpha value is -2.38. The molecular formula is C22H18BrFN2O2S. The number of thioether (sulfide) groups is 1. The molecule has 1 aliphatic rings. The fourth-order valence-corrected chi connectivity index (χ4v) is 4.55. The summed E-state index contributed by atoms with van der Waals surface area (Å²) in [5.41, 5.74) is 7.45. The van der Waals surface area contributed by atoms with Gasteiger partial charge in [0.2, 0.25) is 5.78 Å². The maximum atomic E-state index is 14.6. The molecule has 1 aliphatic heterocycles. The van der Waals surface area contributed by atoms with E-state index in [-0.39, 0.29) is 18.0 Å². The van der Waals surface area contributed by atoms with Gasteiger partial charge in [0, 0.05) is 27.4 Å². The summed E-state index contributed by atoms with van der Waals surface area (Å²) in [4.78, 5) is 17.3. The zero-order valence-electron chi connectivity index (χ0n) is 15.8. The molecule has 2 aromatic carbocycles. The van der Waals surface area contributed by atoms with E-state index >= 15 is 0 Å². The molecule has 7 heteroatoms. The van der Waals surface area contributed by atoms with Gasteiger partial charge in [-0.2, -0.15) is 0 Å². The summed E-state index contributed by atoms with van der Waals surface area (Å²) in [6.07, 6.45) is 1.90. The quantitative estimate of drug-likeness (QED) is 0.482. The van der Waals surface area contributed by atoms with Gasteiger partial charge in [0.05, 0.1) is 0 Å². The summed E-state index contributed by atoms with van der Waals surface area (Å²) in [7, 11) is 0. The highest BCUT2D eigenvalue weighted by molar-refractivity contribution is 9.10. The number of ketones is 1. The molecule has 1 aromatic heterocycles. The van der Waals surface area contributed by atoms with Gasteiger partial charge in [-0.3, -0.25) is 4.79 Å². The van der Waals surface area contributed by atoms with Crippen LogP contribution >= 0.6 is 27.7 Å². The largest absolute Gasteiger partial charge is 0.453 e. The number of aryl methyl sites for hydroxylation is 1. The van der Waals surface area contributed by atoms with Crippen molar-refractivity contribution in [3.05, 3.63) is 80.6 Å². The Kier molecular flexibility index (Phi) is 5.12. The van der Waals surface area contributed by atoms with Gasteiger partial charge in [0.15, 0.2) is 10.9 Å². The van der Waals surface area contributed by atoms with Crippen molar-refractivity contribution in [2.24, 2.45) is 10.7 Å². The summed E-state index contributed by atoms with van der Waals surface area (Å²) in [5, 5.41) is 3.07. The van der Waals surface area contributed by atoms with Crippen LogP contribution in [-0.2, 0) is 12.0 Å². The molecule has 0 spiro atoms. The van der Waals surface area contributed by atoms with E-state index in [1.165, 1.54) is 17.8 Å². The normalized spacial score (nSPS) is 18.8. The minimum absolute atomic E-state index is 0.100. The number of furan rings is 1. The molecular weight excluding hydrogens is 455 g/mol. The molecule has 2 N–H and O–H groups in total. The monoisotopic (exact) mass is 472 g/mol. The summed E-state index contributed by atoms with van der Waals surface area (Å²) >= 11 is 4.73. The van der Waals surface area contributed by atoms with Crippen LogP contribution < -0.4 is 5.73 Å². The van der Waals surface area contributed by atoms with Crippen molar-refractivity contribution in [2.45, 2.75) is 25.8 Å². The maximum absolute atomic E-state index is 14.6. The Balaban J connectivity index is 1.67. The molecule has 4 rings (SSSR count). The van der Waals surface area contributed by atoms with Crippen LogP contribution in [0.25, 0.3) is 11.0 Å². The molecule has 1 atom stereocenters. The van der Waals surface area contributed by atoms with E-state index in [0.29, 0.717) is 27.6 Å². The van der Waals surface area contributed by atoms with Crippen molar-refractivity contribution in [3.8, 4) is 0 Å². The van der Waals surface area contributed by atoms with E-state index in [2.05, 4.69) is 20.9 Å². The Bertz CT molecular complexity index is 1200. The molecule has 2 heterocycles. The van der Waals surface area contributed by atoms with Gasteiger partial charge in [0.1, 0.15) is 16.9 Å². The molecule has 148 valence electrons. The van der Waals surface area contributed by atoms with Gasteiger partial charge >= 0.3 is 0 Å². The van der Waals surface area contributed by atoms with Gasteiger partial charge < -0.3 is 10.2 Å². The van der Waals surface area contributed by atoms with Crippen LogP contribution in [0.2, 0.25) is 0 Å². The topological polar surface area (TPSA) is 68.6 Å². The van der Waals surface area contributed by atoms with Crippen LogP contribution in [0, 0.1) is 12.7 Å². The number of hydrogen-bond donors (Lipinski definition) is 1. The van der Waals surface area contributed by atoms with E-state index in [9.17, 15) is 9.18 Å². The number of hydrogen-bond acceptors (Lipinski definition) is 5. The van der Waals surface area contributed by atoms with E-state index in [0.717, 1.165) is 15.4 Å². The first kappa shape index (κ1) is 19.9. The number of halogens is 2. The predicted molar refractivity (Wildman–Crippen MR) is 119 cm³/mol. The molecule has 0 aliphatic carbocycles. The van der Waals surface area contributed by atoms with E-state index in [1.807, 2.05) is 25.1 Å².